The molecule has 3 rings (SSSR count). The fourth-order valence-corrected chi connectivity index (χ4v) is 3.51. The van der Waals surface area contributed by atoms with E-state index in [1.54, 1.807) is 0 Å². The van der Waals surface area contributed by atoms with E-state index in [-0.39, 0.29) is 11.3 Å². The molecule has 0 unspecified atom stereocenters. The van der Waals surface area contributed by atoms with Gasteiger partial charge in [0, 0.05) is 25.4 Å². The third-order valence-electron chi connectivity index (χ3n) is 4.93. The Kier molecular flexibility index (Phi) is 4.74. The fraction of sp³-hybridized carbons (Fsp3) is 0.500. The lowest BCUT2D eigenvalue weighted by molar-refractivity contribution is -0.138. The number of amides is 1. The second kappa shape index (κ2) is 6.80. The van der Waals surface area contributed by atoms with E-state index >= 15 is 0 Å². The van der Waals surface area contributed by atoms with Crippen molar-refractivity contribution in [2.45, 2.75) is 53.0 Å². The predicted molar refractivity (Wildman–Crippen MR) is 96.6 cm³/mol. The van der Waals surface area contributed by atoms with Crippen molar-refractivity contribution in [3.63, 3.8) is 0 Å². The molecule has 1 atom stereocenters. The van der Waals surface area contributed by atoms with Gasteiger partial charge in [0.25, 0.3) is 0 Å². The first-order valence-corrected chi connectivity index (χ1v) is 8.79. The summed E-state index contributed by atoms with van der Waals surface area (Å²) in [5.74, 6) is 0.256. The summed E-state index contributed by atoms with van der Waals surface area (Å²) in [6.07, 6.45) is 10.2. The van der Waals surface area contributed by atoms with Crippen LogP contribution in [0, 0.1) is 5.41 Å². The minimum atomic E-state index is 0.207. The number of nitrogens with zero attached hydrogens (tertiary/aromatic N) is 3. The van der Waals surface area contributed by atoms with Crippen LogP contribution >= 0.6 is 0 Å². The number of pyridine rings is 1. The summed E-state index contributed by atoms with van der Waals surface area (Å²) < 4.78 is 2.01. The number of allylic oxidation sites excluding steroid dienone is 2. The molecule has 0 N–H and O–H groups in total. The Hall–Kier alpha value is -2.10. The number of carbonyl (C=O) groups is 1. The lowest BCUT2D eigenvalue weighted by atomic mass is 9.77. The first kappa shape index (κ1) is 16.7. The molecule has 0 bridgehead atoms. The normalized spacial score (nSPS) is 21.3. The van der Waals surface area contributed by atoms with E-state index in [1.807, 2.05) is 39.9 Å². The molecule has 0 spiro atoms. The number of rotatable bonds is 5. The van der Waals surface area contributed by atoms with Gasteiger partial charge in [0.05, 0.1) is 12.2 Å². The Morgan fingerprint density at radius 2 is 2.21 bits per heavy atom. The molecule has 3 heterocycles. The van der Waals surface area contributed by atoms with E-state index in [4.69, 9.17) is 0 Å². The van der Waals surface area contributed by atoms with Crippen LogP contribution in [0.25, 0.3) is 5.65 Å². The second-order valence-corrected chi connectivity index (χ2v) is 7.58. The monoisotopic (exact) mass is 325 g/mol. The number of carbonyl (C=O) groups excluding carboxylic acids is 1. The molecule has 0 aromatic carbocycles. The molecule has 1 amide bonds. The second-order valence-electron chi connectivity index (χ2n) is 7.58. The zero-order chi connectivity index (χ0) is 17.2. The molecule has 0 saturated carbocycles. The molecule has 1 aliphatic rings. The Balaban J connectivity index is 1.69. The maximum atomic E-state index is 12.4. The molecular weight excluding hydrogens is 298 g/mol. The van der Waals surface area contributed by atoms with Crippen molar-refractivity contribution < 1.29 is 4.79 Å². The van der Waals surface area contributed by atoms with Gasteiger partial charge in [0.1, 0.15) is 5.65 Å². The van der Waals surface area contributed by atoms with E-state index in [9.17, 15) is 4.79 Å². The molecule has 0 radical (unpaired) electrons. The van der Waals surface area contributed by atoms with Crippen molar-refractivity contribution in [1.29, 1.82) is 0 Å². The summed E-state index contributed by atoms with van der Waals surface area (Å²) in [5.41, 5.74) is 3.47. The minimum absolute atomic E-state index is 0.207. The van der Waals surface area contributed by atoms with Crippen LogP contribution in [0.2, 0.25) is 0 Å². The van der Waals surface area contributed by atoms with Gasteiger partial charge in [0.15, 0.2) is 0 Å². The van der Waals surface area contributed by atoms with E-state index in [1.165, 1.54) is 5.57 Å². The lowest BCUT2D eigenvalue weighted by Crippen LogP contribution is -2.44. The third-order valence-corrected chi connectivity index (χ3v) is 4.93. The third kappa shape index (κ3) is 3.86. The molecule has 1 fully saturated rings. The highest BCUT2D eigenvalue weighted by Crippen LogP contribution is 2.35. The van der Waals surface area contributed by atoms with Crippen LogP contribution in [0.5, 0.6) is 0 Å². The van der Waals surface area contributed by atoms with Crippen molar-refractivity contribution in [2.24, 2.45) is 5.41 Å². The molecule has 24 heavy (non-hydrogen) atoms. The largest absolute Gasteiger partial charge is 0.336 e. The Morgan fingerprint density at radius 3 is 2.96 bits per heavy atom. The van der Waals surface area contributed by atoms with Gasteiger partial charge in [0.2, 0.25) is 5.91 Å². The van der Waals surface area contributed by atoms with Crippen LogP contribution in [-0.2, 0) is 11.3 Å². The quantitative estimate of drug-likeness (QED) is 0.772. The lowest BCUT2D eigenvalue weighted by Gasteiger charge is -2.40. The first-order chi connectivity index (χ1) is 11.5. The predicted octanol–water partition coefficient (Wildman–Crippen LogP) is 4.21. The van der Waals surface area contributed by atoms with Crippen molar-refractivity contribution in [2.75, 3.05) is 6.54 Å². The maximum absolute atomic E-state index is 12.4. The van der Waals surface area contributed by atoms with Crippen LogP contribution in [0.4, 0.5) is 0 Å². The highest BCUT2D eigenvalue weighted by atomic mass is 16.2. The number of hydrogen-bond acceptors (Lipinski definition) is 2. The summed E-state index contributed by atoms with van der Waals surface area (Å²) >= 11 is 0. The average molecular weight is 325 g/mol. The molecule has 4 heteroatoms. The van der Waals surface area contributed by atoms with Gasteiger partial charge in [-0.3, -0.25) is 4.79 Å². The summed E-state index contributed by atoms with van der Waals surface area (Å²) in [6.45, 7) is 8.04. The van der Waals surface area contributed by atoms with Gasteiger partial charge in [-0.1, -0.05) is 24.6 Å². The summed E-state index contributed by atoms with van der Waals surface area (Å²) in [7, 11) is 0. The molecule has 2 aromatic heterocycles. The van der Waals surface area contributed by atoms with Crippen LogP contribution < -0.4 is 0 Å². The molecule has 1 saturated heterocycles. The van der Waals surface area contributed by atoms with Crippen LogP contribution in [0.1, 0.15) is 52.1 Å². The van der Waals surface area contributed by atoms with Crippen molar-refractivity contribution in [1.82, 2.24) is 14.3 Å². The first-order valence-electron chi connectivity index (χ1n) is 8.79. The van der Waals surface area contributed by atoms with Crippen molar-refractivity contribution in [3.05, 3.63) is 47.9 Å². The number of likely N-dealkylation sites (tertiary alicyclic amines) is 1. The highest BCUT2D eigenvalue weighted by molar-refractivity contribution is 5.77. The molecule has 2 aromatic rings. The summed E-state index contributed by atoms with van der Waals surface area (Å²) in [5, 5.41) is 0. The Labute approximate surface area is 144 Å². The zero-order valence-corrected chi connectivity index (χ0v) is 15.0. The molecule has 1 aliphatic heterocycles. The average Bonchev–Trinajstić information content (AvgIpc) is 2.93. The van der Waals surface area contributed by atoms with E-state index in [0.29, 0.717) is 13.0 Å². The van der Waals surface area contributed by atoms with Gasteiger partial charge in [-0.15, -0.1) is 0 Å². The van der Waals surface area contributed by atoms with Crippen molar-refractivity contribution in [3.8, 4) is 0 Å². The minimum Gasteiger partial charge on any atom is -0.336 e. The topological polar surface area (TPSA) is 37.6 Å². The molecule has 128 valence electrons. The smallest absolute Gasteiger partial charge is 0.222 e. The van der Waals surface area contributed by atoms with Gasteiger partial charge >= 0.3 is 0 Å². The molecule has 0 aliphatic carbocycles. The van der Waals surface area contributed by atoms with Crippen LogP contribution in [0.3, 0.4) is 0 Å². The van der Waals surface area contributed by atoms with Gasteiger partial charge in [-0.2, -0.15) is 0 Å². The number of imidazole rings is 1. The van der Waals surface area contributed by atoms with Gasteiger partial charge in [-0.25, -0.2) is 4.98 Å². The van der Waals surface area contributed by atoms with Gasteiger partial charge in [-0.05, 0) is 50.7 Å². The van der Waals surface area contributed by atoms with Gasteiger partial charge < -0.3 is 9.30 Å². The SMILES string of the molecule is CC(C)=CCC[C@@]1(C)CCC(=O)N(Cc2cn3ccccc3n2)C1. The Bertz CT molecular complexity index is 724. The highest BCUT2D eigenvalue weighted by Gasteiger charge is 2.34. The number of piperidine rings is 1. The number of hydrogen-bond donors (Lipinski definition) is 0. The standard InChI is InChI=1S/C20H27N3O/c1-16(2)7-6-10-20(3)11-9-19(24)23(15-20)14-17-13-22-12-5-4-8-18(22)21-17/h4-5,7-8,12-13H,6,9-11,14-15H2,1-3H3/t20-/m0/s1. The number of aromatic nitrogens is 2. The zero-order valence-electron chi connectivity index (χ0n) is 15.0. The number of fused-ring (bicyclic) bond motifs is 1. The molecular formula is C20H27N3O. The Morgan fingerprint density at radius 1 is 1.38 bits per heavy atom. The fourth-order valence-electron chi connectivity index (χ4n) is 3.51. The van der Waals surface area contributed by atoms with Crippen LogP contribution in [-0.4, -0.2) is 26.7 Å². The van der Waals surface area contributed by atoms with E-state index in [2.05, 4.69) is 31.8 Å². The maximum Gasteiger partial charge on any atom is 0.222 e. The van der Waals surface area contributed by atoms with E-state index in [0.717, 1.165) is 37.1 Å². The van der Waals surface area contributed by atoms with Crippen molar-refractivity contribution >= 4 is 11.6 Å². The summed E-state index contributed by atoms with van der Waals surface area (Å²) in [4.78, 5) is 19.0. The van der Waals surface area contributed by atoms with Crippen LogP contribution in [0.15, 0.2) is 42.2 Å². The molecule has 4 nitrogen and oxygen atoms in total. The summed E-state index contributed by atoms with van der Waals surface area (Å²) in [6, 6.07) is 5.97. The van der Waals surface area contributed by atoms with E-state index < -0.39 is 0 Å².